The van der Waals surface area contributed by atoms with Crippen LogP contribution in [0.3, 0.4) is 0 Å². The molecule has 0 aromatic heterocycles. The summed E-state index contributed by atoms with van der Waals surface area (Å²) in [6.07, 6.45) is 33.1. The van der Waals surface area contributed by atoms with E-state index in [1.165, 1.54) is 89.9 Å². The summed E-state index contributed by atoms with van der Waals surface area (Å²) in [6, 6.07) is 0. The van der Waals surface area contributed by atoms with Gasteiger partial charge in [-0.2, -0.15) is 0 Å². The van der Waals surface area contributed by atoms with Crippen molar-refractivity contribution >= 4 is 35.7 Å². The molecule has 0 fully saturated rings. The van der Waals surface area contributed by atoms with E-state index in [2.05, 4.69) is 27.7 Å². The molecule has 0 saturated heterocycles. The summed E-state index contributed by atoms with van der Waals surface area (Å²) in [6.45, 7) is 9.11. The van der Waals surface area contributed by atoms with Crippen molar-refractivity contribution in [2.24, 2.45) is 11.8 Å². The summed E-state index contributed by atoms with van der Waals surface area (Å²) in [4.78, 5) is 77.3. The molecule has 12 heteroatoms. The SMILES string of the molecule is CCCCCCCCC(CCCCCC)C(=O)OCCCCCCN(CCCCCCOC(=O)C(CCCCCC)CCCCCCCC)C(=O)CCC(=O)N(CC(=O)O)CC(=O)O. The lowest BCUT2D eigenvalue weighted by Crippen LogP contribution is -2.40. The van der Waals surface area contributed by atoms with Crippen molar-refractivity contribution in [3.63, 3.8) is 0 Å². The van der Waals surface area contributed by atoms with Gasteiger partial charge in [0.2, 0.25) is 11.8 Å². The van der Waals surface area contributed by atoms with Crippen LogP contribution in [-0.2, 0) is 38.2 Å². The molecule has 2 atom stereocenters. The molecule has 0 radical (unpaired) electrons. The molecule has 2 unspecified atom stereocenters. The van der Waals surface area contributed by atoms with Gasteiger partial charge >= 0.3 is 23.9 Å². The Labute approximate surface area is 390 Å². The molecular weight excluding hydrogens is 813 g/mol. The number of aliphatic carboxylic acids is 2. The van der Waals surface area contributed by atoms with Gasteiger partial charge in [-0.1, -0.05) is 169 Å². The number of carboxylic acid groups (broad SMARTS) is 2. The van der Waals surface area contributed by atoms with E-state index in [-0.39, 0.29) is 42.5 Å². The van der Waals surface area contributed by atoms with Gasteiger partial charge in [0.15, 0.2) is 0 Å². The summed E-state index contributed by atoms with van der Waals surface area (Å²) < 4.78 is 11.6. The molecule has 0 saturated carbocycles. The lowest BCUT2D eigenvalue weighted by atomic mass is 9.94. The summed E-state index contributed by atoms with van der Waals surface area (Å²) in [7, 11) is 0. The van der Waals surface area contributed by atoms with Crippen LogP contribution < -0.4 is 0 Å². The van der Waals surface area contributed by atoms with Crippen molar-refractivity contribution in [1.82, 2.24) is 9.80 Å². The zero-order valence-corrected chi connectivity index (χ0v) is 41.5. The average molecular weight is 909 g/mol. The van der Waals surface area contributed by atoms with Crippen molar-refractivity contribution in [3.8, 4) is 0 Å². The van der Waals surface area contributed by atoms with Gasteiger partial charge in [-0.3, -0.25) is 28.8 Å². The third kappa shape index (κ3) is 36.1. The monoisotopic (exact) mass is 909 g/mol. The lowest BCUT2D eigenvalue weighted by molar-refractivity contribution is -0.150. The molecule has 0 aromatic rings. The molecule has 0 heterocycles. The van der Waals surface area contributed by atoms with Gasteiger partial charge in [0.25, 0.3) is 0 Å². The van der Waals surface area contributed by atoms with Crippen LogP contribution in [0.15, 0.2) is 0 Å². The van der Waals surface area contributed by atoms with E-state index >= 15 is 0 Å². The minimum absolute atomic E-state index is 0.0259. The Balaban J connectivity index is 5.09. The predicted molar refractivity (Wildman–Crippen MR) is 257 cm³/mol. The van der Waals surface area contributed by atoms with Gasteiger partial charge in [-0.25, -0.2) is 0 Å². The van der Waals surface area contributed by atoms with Crippen LogP contribution in [0.2, 0.25) is 0 Å². The quantitative estimate of drug-likeness (QED) is 0.0443. The standard InChI is InChI=1S/C52H96N2O10/c1-5-9-13-17-19-27-35-45(33-25-15-11-7-3)51(61)63-41-31-23-21-29-39-53(47(55)37-38-48(56)54(43-49(57)58)44-50(59)60)40-30-22-24-32-42-64-52(62)46(34-26-16-12-8-4)36-28-20-18-14-10-6-2/h45-46H,5-44H2,1-4H3,(H,57,58)(H,59,60). The number of nitrogens with zero attached hydrogens (tertiary/aromatic N) is 2. The summed E-state index contributed by atoms with van der Waals surface area (Å²) in [5, 5.41) is 18.3. The fourth-order valence-corrected chi connectivity index (χ4v) is 8.29. The highest BCUT2D eigenvalue weighted by atomic mass is 16.5. The van der Waals surface area contributed by atoms with Crippen LogP contribution in [0.25, 0.3) is 0 Å². The third-order valence-electron chi connectivity index (χ3n) is 12.3. The summed E-state index contributed by atoms with van der Waals surface area (Å²) in [5.74, 6) is -3.74. The van der Waals surface area contributed by atoms with Crippen molar-refractivity contribution in [3.05, 3.63) is 0 Å². The minimum Gasteiger partial charge on any atom is -0.480 e. The van der Waals surface area contributed by atoms with E-state index in [0.717, 1.165) is 120 Å². The fraction of sp³-hybridized carbons (Fsp3) is 0.885. The molecule has 12 nitrogen and oxygen atoms in total. The Bertz CT molecular complexity index is 1120. The Kier molecular flexibility index (Phi) is 41.5. The highest BCUT2D eigenvalue weighted by Crippen LogP contribution is 2.22. The molecule has 0 aliphatic heterocycles. The largest absolute Gasteiger partial charge is 0.480 e. The predicted octanol–water partition coefficient (Wildman–Crippen LogP) is 12.5. The van der Waals surface area contributed by atoms with E-state index in [4.69, 9.17) is 9.47 Å². The number of esters is 2. The number of amides is 2. The Morgan fingerprint density at radius 3 is 1.00 bits per heavy atom. The highest BCUT2D eigenvalue weighted by molar-refractivity contribution is 5.88. The Hall–Kier alpha value is -3.18. The highest BCUT2D eigenvalue weighted by Gasteiger charge is 2.23. The number of rotatable bonds is 47. The number of carboxylic acids is 2. The maximum absolute atomic E-state index is 13.4. The molecule has 0 bridgehead atoms. The summed E-state index contributed by atoms with van der Waals surface area (Å²) >= 11 is 0. The van der Waals surface area contributed by atoms with E-state index in [0.29, 0.717) is 26.3 Å². The molecule has 2 amide bonds. The molecule has 2 N–H and O–H groups in total. The number of carbonyl (C=O) groups is 6. The number of hydrogen-bond donors (Lipinski definition) is 2. The average Bonchev–Trinajstić information content (AvgIpc) is 3.26. The zero-order valence-electron chi connectivity index (χ0n) is 41.5. The maximum atomic E-state index is 13.4. The van der Waals surface area contributed by atoms with Crippen LogP contribution >= 0.6 is 0 Å². The van der Waals surface area contributed by atoms with Crippen LogP contribution in [-0.4, -0.2) is 95.1 Å². The first-order valence-corrected chi connectivity index (χ1v) is 26.3. The second-order valence-corrected chi connectivity index (χ2v) is 18.3. The first-order valence-electron chi connectivity index (χ1n) is 26.3. The summed E-state index contributed by atoms with van der Waals surface area (Å²) in [5.41, 5.74) is 0. The van der Waals surface area contributed by atoms with Crippen LogP contribution in [0.1, 0.15) is 246 Å². The molecular formula is C52H96N2O10. The Morgan fingerprint density at radius 2 is 0.656 bits per heavy atom. The van der Waals surface area contributed by atoms with Crippen molar-refractivity contribution in [2.75, 3.05) is 39.4 Å². The Morgan fingerprint density at radius 1 is 0.375 bits per heavy atom. The third-order valence-corrected chi connectivity index (χ3v) is 12.3. The first-order chi connectivity index (χ1) is 31.0. The van der Waals surface area contributed by atoms with Crippen LogP contribution in [0.5, 0.6) is 0 Å². The molecule has 0 rings (SSSR count). The van der Waals surface area contributed by atoms with Gasteiger partial charge < -0.3 is 29.5 Å². The molecule has 0 spiro atoms. The minimum atomic E-state index is -1.32. The number of carbonyl (C=O) groups excluding carboxylic acids is 4. The topological polar surface area (TPSA) is 168 Å². The van der Waals surface area contributed by atoms with Crippen molar-refractivity contribution < 1.29 is 48.5 Å². The van der Waals surface area contributed by atoms with Crippen molar-refractivity contribution in [2.45, 2.75) is 246 Å². The van der Waals surface area contributed by atoms with Gasteiger partial charge in [0.05, 0.1) is 25.0 Å². The van der Waals surface area contributed by atoms with Crippen molar-refractivity contribution in [1.29, 1.82) is 0 Å². The molecule has 0 aliphatic rings. The van der Waals surface area contributed by atoms with Gasteiger partial charge in [0, 0.05) is 25.9 Å². The number of ether oxygens (including phenoxy) is 2. The molecule has 374 valence electrons. The van der Waals surface area contributed by atoms with E-state index < -0.39 is 30.9 Å². The van der Waals surface area contributed by atoms with Crippen LogP contribution in [0, 0.1) is 11.8 Å². The second-order valence-electron chi connectivity index (χ2n) is 18.3. The first kappa shape index (κ1) is 60.8. The fourth-order valence-electron chi connectivity index (χ4n) is 8.29. The molecule has 0 aliphatic carbocycles. The smallest absolute Gasteiger partial charge is 0.323 e. The van der Waals surface area contributed by atoms with Crippen LogP contribution in [0.4, 0.5) is 0 Å². The number of unbranched alkanes of at least 4 members (excludes halogenated alkanes) is 22. The van der Waals surface area contributed by atoms with Gasteiger partial charge in [-0.05, 0) is 64.2 Å². The lowest BCUT2D eigenvalue weighted by Gasteiger charge is -2.24. The maximum Gasteiger partial charge on any atom is 0.323 e. The van der Waals surface area contributed by atoms with Gasteiger partial charge in [0.1, 0.15) is 13.1 Å². The number of hydrogen-bond acceptors (Lipinski definition) is 8. The van der Waals surface area contributed by atoms with E-state index in [9.17, 15) is 39.0 Å². The molecule has 0 aromatic carbocycles. The second kappa shape index (κ2) is 43.7. The normalized spacial score (nSPS) is 12.1. The van der Waals surface area contributed by atoms with E-state index in [1.807, 2.05) is 0 Å². The van der Waals surface area contributed by atoms with Gasteiger partial charge in [-0.15, -0.1) is 0 Å². The zero-order chi connectivity index (χ0) is 47.5. The van der Waals surface area contributed by atoms with E-state index in [1.54, 1.807) is 4.90 Å². The molecule has 64 heavy (non-hydrogen) atoms.